The van der Waals surface area contributed by atoms with Gasteiger partial charge in [-0.15, -0.1) is 0 Å². The van der Waals surface area contributed by atoms with E-state index in [1.165, 1.54) is 0 Å². The van der Waals surface area contributed by atoms with Crippen LogP contribution in [0.2, 0.25) is 5.02 Å². The molecule has 132 valence electrons. The number of halogens is 1. The summed E-state index contributed by atoms with van der Waals surface area (Å²) in [6.45, 7) is 2.37. The maximum absolute atomic E-state index is 12.0. The molecule has 1 N–H and O–H groups in total. The Morgan fingerprint density at radius 3 is 2.36 bits per heavy atom. The summed E-state index contributed by atoms with van der Waals surface area (Å²) < 4.78 is 10.5. The van der Waals surface area contributed by atoms with Crippen LogP contribution in [0.15, 0.2) is 48.5 Å². The standard InChI is InChI=1S/C19H20ClNO4/c1-2-3-12-24-17-10-4-14(5-11-17)19(23)25-13-18(22)21-16-8-6-15(20)7-9-16/h4-11H,2-3,12-13H2,1H3,(H,21,22). The number of rotatable bonds is 8. The van der Waals surface area contributed by atoms with Crippen LogP contribution >= 0.6 is 11.6 Å². The van der Waals surface area contributed by atoms with Crippen LogP contribution in [-0.2, 0) is 9.53 Å². The first-order valence-corrected chi connectivity index (χ1v) is 8.41. The molecule has 1 amide bonds. The van der Waals surface area contributed by atoms with E-state index in [-0.39, 0.29) is 6.61 Å². The number of amides is 1. The van der Waals surface area contributed by atoms with Crippen LogP contribution in [0, 0.1) is 0 Å². The van der Waals surface area contributed by atoms with E-state index >= 15 is 0 Å². The van der Waals surface area contributed by atoms with Crippen molar-refractivity contribution in [2.45, 2.75) is 19.8 Å². The number of hydrogen-bond donors (Lipinski definition) is 1. The van der Waals surface area contributed by atoms with Crippen molar-refractivity contribution in [3.05, 3.63) is 59.1 Å². The Morgan fingerprint density at radius 2 is 1.72 bits per heavy atom. The van der Waals surface area contributed by atoms with E-state index < -0.39 is 11.9 Å². The molecule has 0 radical (unpaired) electrons. The molecule has 2 aromatic rings. The van der Waals surface area contributed by atoms with Gasteiger partial charge < -0.3 is 14.8 Å². The third-order valence-electron chi connectivity index (χ3n) is 3.32. The molecule has 0 bridgehead atoms. The molecule has 0 aromatic heterocycles. The normalized spacial score (nSPS) is 10.2. The topological polar surface area (TPSA) is 64.6 Å². The summed E-state index contributed by atoms with van der Waals surface area (Å²) in [7, 11) is 0. The summed E-state index contributed by atoms with van der Waals surface area (Å²) in [4.78, 5) is 23.8. The Balaban J connectivity index is 1.79. The Morgan fingerprint density at radius 1 is 1.04 bits per heavy atom. The van der Waals surface area contributed by atoms with Gasteiger partial charge in [-0.3, -0.25) is 4.79 Å². The van der Waals surface area contributed by atoms with Gasteiger partial charge in [0, 0.05) is 10.7 Å². The van der Waals surface area contributed by atoms with E-state index in [9.17, 15) is 9.59 Å². The number of esters is 1. The number of hydrogen-bond acceptors (Lipinski definition) is 4. The van der Waals surface area contributed by atoms with Gasteiger partial charge in [0.05, 0.1) is 12.2 Å². The highest BCUT2D eigenvalue weighted by Crippen LogP contribution is 2.14. The zero-order valence-corrected chi connectivity index (χ0v) is 14.7. The zero-order valence-electron chi connectivity index (χ0n) is 14.0. The molecule has 0 fully saturated rings. The van der Waals surface area contributed by atoms with E-state index in [0.29, 0.717) is 28.6 Å². The van der Waals surface area contributed by atoms with Gasteiger partial charge in [0.25, 0.3) is 5.91 Å². The van der Waals surface area contributed by atoms with Crippen molar-refractivity contribution in [3.8, 4) is 5.75 Å². The monoisotopic (exact) mass is 361 g/mol. The van der Waals surface area contributed by atoms with E-state index in [0.717, 1.165) is 12.8 Å². The largest absolute Gasteiger partial charge is 0.494 e. The second-order valence-corrected chi connectivity index (χ2v) is 5.79. The fraction of sp³-hybridized carbons (Fsp3) is 0.263. The second kappa shape index (κ2) is 9.69. The summed E-state index contributed by atoms with van der Waals surface area (Å²) in [6, 6.07) is 13.3. The van der Waals surface area contributed by atoms with Gasteiger partial charge in [-0.2, -0.15) is 0 Å². The molecule has 25 heavy (non-hydrogen) atoms. The number of benzene rings is 2. The van der Waals surface area contributed by atoms with Crippen molar-refractivity contribution in [2.75, 3.05) is 18.5 Å². The van der Waals surface area contributed by atoms with Crippen LogP contribution in [0.3, 0.4) is 0 Å². The van der Waals surface area contributed by atoms with E-state index in [4.69, 9.17) is 21.1 Å². The first-order valence-electron chi connectivity index (χ1n) is 8.04. The molecule has 0 unspecified atom stereocenters. The molecule has 2 rings (SSSR count). The molecule has 0 aliphatic heterocycles. The first-order chi connectivity index (χ1) is 12.1. The van der Waals surface area contributed by atoms with Crippen molar-refractivity contribution >= 4 is 29.2 Å². The molecule has 2 aromatic carbocycles. The van der Waals surface area contributed by atoms with Crippen molar-refractivity contribution < 1.29 is 19.1 Å². The molecule has 0 spiro atoms. The molecule has 0 aliphatic carbocycles. The SMILES string of the molecule is CCCCOc1ccc(C(=O)OCC(=O)Nc2ccc(Cl)cc2)cc1. The fourth-order valence-corrected chi connectivity index (χ4v) is 2.09. The fourth-order valence-electron chi connectivity index (χ4n) is 1.97. The highest BCUT2D eigenvalue weighted by molar-refractivity contribution is 6.30. The Kier molecular flexibility index (Phi) is 7.29. The van der Waals surface area contributed by atoms with Crippen molar-refractivity contribution in [3.63, 3.8) is 0 Å². The number of unbranched alkanes of at least 4 members (excludes halogenated alkanes) is 1. The lowest BCUT2D eigenvalue weighted by Gasteiger charge is -2.08. The Labute approximate surface area is 151 Å². The van der Waals surface area contributed by atoms with Crippen LogP contribution in [0.1, 0.15) is 30.1 Å². The average molecular weight is 362 g/mol. The van der Waals surface area contributed by atoms with E-state index in [2.05, 4.69) is 12.2 Å². The lowest BCUT2D eigenvalue weighted by molar-refractivity contribution is -0.119. The summed E-state index contributed by atoms with van der Waals surface area (Å²) in [6.07, 6.45) is 2.04. The minimum absolute atomic E-state index is 0.363. The van der Waals surface area contributed by atoms with E-state index in [1.54, 1.807) is 48.5 Å². The average Bonchev–Trinajstić information content (AvgIpc) is 2.62. The van der Waals surface area contributed by atoms with Gasteiger partial charge in [0.1, 0.15) is 5.75 Å². The number of anilines is 1. The molecule has 0 saturated carbocycles. The highest BCUT2D eigenvalue weighted by Gasteiger charge is 2.10. The van der Waals surface area contributed by atoms with E-state index in [1.807, 2.05) is 0 Å². The minimum atomic E-state index is -0.564. The maximum atomic E-state index is 12.0. The van der Waals surface area contributed by atoms with Crippen LogP contribution in [0.5, 0.6) is 5.75 Å². The van der Waals surface area contributed by atoms with Crippen LogP contribution in [0.4, 0.5) is 5.69 Å². The van der Waals surface area contributed by atoms with Crippen LogP contribution in [0.25, 0.3) is 0 Å². The molecule has 0 aliphatic rings. The van der Waals surface area contributed by atoms with Gasteiger partial charge in [-0.05, 0) is 55.0 Å². The number of carbonyl (C=O) groups excluding carboxylic acids is 2. The molecular formula is C19H20ClNO4. The van der Waals surface area contributed by atoms with Gasteiger partial charge in [-0.25, -0.2) is 4.79 Å². The number of ether oxygens (including phenoxy) is 2. The lowest BCUT2D eigenvalue weighted by Crippen LogP contribution is -2.20. The third-order valence-corrected chi connectivity index (χ3v) is 3.57. The maximum Gasteiger partial charge on any atom is 0.338 e. The van der Waals surface area contributed by atoms with Crippen molar-refractivity contribution in [1.29, 1.82) is 0 Å². The number of nitrogens with one attached hydrogen (secondary N) is 1. The summed E-state index contributed by atoms with van der Waals surface area (Å²) >= 11 is 5.77. The molecule has 5 nitrogen and oxygen atoms in total. The summed E-state index contributed by atoms with van der Waals surface area (Å²) in [5, 5.41) is 3.19. The second-order valence-electron chi connectivity index (χ2n) is 5.36. The van der Waals surface area contributed by atoms with Crippen LogP contribution in [-0.4, -0.2) is 25.1 Å². The molecule has 0 heterocycles. The van der Waals surface area contributed by atoms with Gasteiger partial charge in [-0.1, -0.05) is 24.9 Å². The Bertz CT molecular complexity index is 698. The quantitative estimate of drug-likeness (QED) is 0.562. The van der Waals surface area contributed by atoms with Gasteiger partial charge in [0.2, 0.25) is 0 Å². The Hall–Kier alpha value is -2.53. The first kappa shape index (κ1) is 18.8. The summed E-state index contributed by atoms with van der Waals surface area (Å²) in [5.41, 5.74) is 0.946. The van der Waals surface area contributed by atoms with Crippen LogP contribution < -0.4 is 10.1 Å². The van der Waals surface area contributed by atoms with Crippen molar-refractivity contribution in [1.82, 2.24) is 0 Å². The van der Waals surface area contributed by atoms with Crippen molar-refractivity contribution in [2.24, 2.45) is 0 Å². The predicted octanol–water partition coefficient (Wildman–Crippen LogP) is 4.31. The molecule has 0 atom stereocenters. The van der Waals surface area contributed by atoms with Gasteiger partial charge >= 0.3 is 5.97 Å². The summed E-state index contributed by atoms with van der Waals surface area (Å²) in [5.74, 6) is -0.285. The van der Waals surface area contributed by atoms with Gasteiger partial charge in [0.15, 0.2) is 6.61 Å². The third kappa shape index (κ3) is 6.47. The predicted molar refractivity (Wildman–Crippen MR) is 97.2 cm³/mol. The molecule has 0 saturated heterocycles. The minimum Gasteiger partial charge on any atom is -0.494 e. The molecular weight excluding hydrogens is 342 g/mol. The number of carbonyl (C=O) groups is 2. The zero-order chi connectivity index (χ0) is 18.1. The highest BCUT2D eigenvalue weighted by atomic mass is 35.5. The molecule has 6 heteroatoms. The smallest absolute Gasteiger partial charge is 0.338 e. The lowest BCUT2D eigenvalue weighted by atomic mass is 10.2.